The van der Waals surface area contributed by atoms with Crippen molar-refractivity contribution < 1.29 is 5.11 Å². The lowest BCUT2D eigenvalue weighted by atomic mass is 9.99. The Morgan fingerprint density at radius 3 is 2.64 bits per heavy atom. The summed E-state index contributed by atoms with van der Waals surface area (Å²) in [4.78, 5) is 0. The fourth-order valence-corrected chi connectivity index (χ4v) is 3.50. The van der Waals surface area contributed by atoms with Crippen molar-refractivity contribution in [2.24, 2.45) is 5.92 Å². The van der Waals surface area contributed by atoms with Gasteiger partial charge < -0.3 is 5.11 Å². The quantitative estimate of drug-likeness (QED) is 0.708. The summed E-state index contributed by atoms with van der Waals surface area (Å²) in [5.41, 5.74) is 0. The Morgan fingerprint density at radius 1 is 1.45 bits per heavy atom. The van der Waals surface area contributed by atoms with E-state index in [1.54, 1.807) is 0 Å². The molecule has 66 valence electrons. The maximum atomic E-state index is 8.67. The van der Waals surface area contributed by atoms with E-state index in [-0.39, 0.29) is 0 Å². The van der Waals surface area contributed by atoms with Crippen LogP contribution in [-0.4, -0.2) is 22.2 Å². The van der Waals surface area contributed by atoms with Crippen LogP contribution in [-0.2, 0) is 0 Å². The Hall–Kier alpha value is 0.310. The summed E-state index contributed by atoms with van der Waals surface area (Å²) in [6, 6.07) is 0. The van der Waals surface area contributed by atoms with Crippen molar-refractivity contribution >= 4 is 11.8 Å². The van der Waals surface area contributed by atoms with Crippen LogP contribution in [0.3, 0.4) is 0 Å². The van der Waals surface area contributed by atoms with Crippen molar-refractivity contribution in [3.05, 3.63) is 0 Å². The van der Waals surface area contributed by atoms with Crippen molar-refractivity contribution in [2.75, 3.05) is 6.61 Å². The Balaban J connectivity index is 2.23. The van der Waals surface area contributed by atoms with Crippen LogP contribution in [0.4, 0.5) is 0 Å². The van der Waals surface area contributed by atoms with E-state index >= 15 is 0 Å². The Morgan fingerprint density at radius 2 is 2.18 bits per heavy atom. The van der Waals surface area contributed by atoms with Crippen LogP contribution < -0.4 is 0 Å². The molecule has 1 rings (SSSR count). The van der Waals surface area contributed by atoms with Crippen molar-refractivity contribution in [3.8, 4) is 0 Å². The van der Waals surface area contributed by atoms with Gasteiger partial charge in [0, 0.05) is 17.1 Å². The lowest BCUT2D eigenvalue weighted by Crippen LogP contribution is -2.07. The van der Waals surface area contributed by atoms with Gasteiger partial charge in [-0.05, 0) is 25.2 Å². The molecule has 1 heterocycles. The van der Waals surface area contributed by atoms with E-state index in [9.17, 15) is 0 Å². The first-order valence-corrected chi connectivity index (χ1v) is 5.44. The van der Waals surface area contributed by atoms with E-state index in [4.69, 9.17) is 5.11 Å². The minimum absolute atomic E-state index is 0.359. The number of thioether (sulfide) groups is 1. The van der Waals surface area contributed by atoms with Gasteiger partial charge >= 0.3 is 0 Å². The first kappa shape index (κ1) is 9.40. The summed E-state index contributed by atoms with van der Waals surface area (Å²) >= 11 is 2.10. The second-order valence-electron chi connectivity index (χ2n) is 3.56. The molecule has 1 saturated heterocycles. The van der Waals surface area contributed by atoms with E-state index in [0.717, 1.165) is 22.8 Å². The number of rotatable bonds is 3. The average molecular weight is 174 g/mol. The molecule has 11 heavy (non-hydrogen) atoms. The fourth-order valence-electron chi connectivity index (χ4n) is 1.81. The molecule has 0 radical (unpaired) electrons. The van der Waals surface area contributed by atoms with Crippen LogP contribution >= 0.6 is 11.8 Å². The molecule has 0 amide bonds. The summed E-state index contributed by atoms with van der Waals surface area (Å²) in [6.45, 7) is 5.00. The summed E-state index contributed by atoms with van der Waals surface area (Å²) in [5, 5.41) is 10.3. The lowest BCUT2D eigenvalue weighted by molar-refractivity contribution is 0.280. The van der Waals surface area contributed by atoms with Crippen LogP contribution in [0.5, 0.6) is 0 Å². The molecule has 0 bridgehead atoms. The lowest BCUT2D eigenvalue weighted by Gasteiger charge is -2.12. The van der Waals surface area contributed by atoms with Gasteiger partial charge in [-0.3, -0.25) is 0 Å². The highest BCUT2D eigenvalue weighted by Gasteiger charge is 2.28. The predicted octanol–water partition coefficient (Wildman–Crippen LogP) is 2.29. The van der Waals surface area contributed by atoms with Crippen LogP contribution in [0.2, 0.25) is 0 Å². The SMILES string of the molecule is CC1CC(C)C(CCCO)S1. The molecule has 1 nitrogen and oxygen atoms in total. The van der Waals surface area contributed by atoms with Gasteiger partial charge in [0.2, 0.25) is 0 Å². The molecule has 3 atom stereocenters. The second kappa shape index (κ2) is 4.36. The van der Waals surface area contributed by atoms with Gasteiger partial charge in [-0.2, -0.15) is 11.8 Å². The zero-order chi connectivity index (χ0) is 8.27. The zero-order valence-electron chi connectivity index (χ0n) is 7.42. The van der Waals surface area contributed by atoms with Crippen LogP contribution in [0.15, 0.2) is 0 Å². The number of hydrogen-bond donors (Lipinski definition) is 1. The van der Waals surface area contributed by atoms with Gasteiger partial charge in [0.1, 0.15) is 0 Å². The van der Waals surface area contributed by atoms with Gasteiger partial charge in [-0.15, -0.1) is 0 Å². The van der Waals surface area contributed by atoms with E-state index < -0.39 is 0 Å². The van der Waals surface area contributed by atoms with Gasteiger partial charge in [0.05, 0.1) is 0 Å². The highest BCUT2D eigenvalue weighted by atomic mass is 32.2. The average Bonchev–Trinajstić information content (AvgIpc) is 2.26. The molecular formula is C9H18OS. The highest BCUT2D eigenvalue weighted by molar-refractivity contribution is 8.00. The number of hydrogen-bond acceptors (Lipinski definition) is 2. The molecule has 1 aliphatic rings. The third kappa shape index (κ3) is 2.68. The van der Waals surface area contributed by atoms with Crippen molar-refractivity contribution in [3.63, 3.8) is 0 Å². The predicted molar refractivity (Wildman–Crippen MR) is 50.9 cm³/mol. The number of aliphatic hydroxyl groups is 1. The second-order valence-corrected chi connectivity index (χ2v) is 5.25. The largest absolute Gasteiger partial charge is 0.396 e. The van der Waals surface area contributed by atoms with E-state index in [1.165, 1.54) is 12.8 Å². The Labute approximate surface area is 73.6 Å². The van der Waals surface area contributed by atoms with Crippen molar-refractivity contribution in [1.82, 2.24) is 0 Å². The smallest absolute Gasteiger partial charge is 0.0431 e. The molecule has 0 aliphatic carbocycles. The first-order chi connectivity index (χ1) is 5.24. The Kier molecular flexibility index (Phi) is 3.73. The molecule has 0 spiro atoms. The van der Waals surface area contributed by atoms with Gasteiger partial charge in [0.25, 0.3) is 0 Å². The number of aliphatic hydroxyl groups excluding tert-OH is 1. The van der Waals surface area contributed by atoms with E-state index in [2.05, 4.69) is 25.6 Å². The minimum Gasteiger partial charge on any atom is -0.396 e. The maximum Gasteiger partial charge on any atom is 0.0431 e. The molecule has 0 saturated carbocycles. The maximum absolute atomic E-state index is 8.67. The van der Waals surface area contributed by atoms with Crippen LogP contribution in [0.25, 0.3) is 0 Å². The molecular weight excluding hydrogens is 156 g/mol. The molecule has 1 N–H and O–H groups in total. The minimum atomic E-state index is 0.359. The molecule has 0 aromatic rings. The van der Waals surface area contributed by atoms with Gasteiger partial charge in [-0.1, -0.05) is 13.8 Å². The molecule has 3 unspecified atom stereocenters. The van der Waals surface area contributed by atoms with Crippen molar-refractivity contribution in [2.45, 2.75) is 43.6 Å². The summed E-state index contributed by atoms with van der Waals surface area (Å²) < 4.78 is 0. The summed E-state index contributed by atoms with van der Waals surface area (Å²) in [5.74, 6) is 0.863. The van der Waals surface area contributed by atoms with Crippen LogP contribution in [0.1, 0.15) is 33.1 Å². The topological polar surface area (TPSA) is 20.2 Å². The van der Waals surface area contributed by atoms with Gasteiger partial charge in [-0.25, -0.2) is 0 Å². The molecule has 1 aliphatic heterocycles. The zero-order valence-corrected chi connectivity index (χ0v) is 8.23. The van der Waals surface area contributed by atoms with Crippen LogP contribution in [0, 0.1) is 5.92 Å². The molecule has 0 aromatic carbocycles. The molecule has 0 aromatic heterocycles. The Bertz CT molecular complexity index is 116. The monoisotopic (exact) mass is 174 g/mol. The summed E-state index contributed by atoms with van der Waals surface area (Å²) in [7, 11) is 0. The molecule has 1 fully saturated rings. The third-order valence-corrected chi connectivity index (χ3v) is 4.10. The van der Waals surface area contributed by atoms with Crippen molar-refractivity contribution in [1.29, 1.82) is 0 Å². The summed E-state index contributed by atoms with van der Waals surface area (Å²) in [6.07, 6.45) is 3.54. The standard InChI is InChI=1S/C9H18OS/c1-7-6-8(2)11-9(7)4-3-5-10/h7-10H,3-6H2,1-2H3. The first-order valence-electron chi connectivity index (χ1n) is 4.50. The highest BCUT2D eigenvalue weighted by Crippen LogP contribution is 2.39. The van der Waals surface area contributed by atoms with Gasteiger partial charge in [0.15, 0.2) is 0 Å². The van der Waals surface area contributed by atoms with E-state index in [1.807, 2.05) is 0 Å². The third-order valence-electron chi connectivity index (χ3n) is 2.39. The fraction of sp³-hybridized carbons (Fsp3) is 1.00. The normalized spacial score (nSPS) is 37.9. The van der Waals surface area contributed by atoms with E-state index in [0.29, 0.717) is 6.61 Å². The molecule has 2 heteroatoms.